The second kappa shape index (κ2) is 7.11. The second-order valence-corrected chi connectivity index (χ2v) is 5.98. The molecule has 0 aliphatic carbocycles. The van der Waals surface area contributed by atoms with Crippen LogP contribution in [0.1, 0.15) is 34.7 Å². The van der Waals surface area contributed by atoms with Gasteiger partial charge in [0.05, 0.1) is 32.5 Å². The fraction of sp³-hybridized carbons (Fsp3) is 0.588. The van der Waals surface area contributed by atoms with Gasteiger partial charge in [-0.05, 0) is 49.5 Å². The first kappa shape index (κ1) is 15.3. The van der Waals surface area contributed by atoms with Crippen LogP contribution in [0.15, 0.2) is 18.2 Å². The van der Waals surface area contributed by atoms with Crippen molar-refractivity contribution in [1.82, 2.24) is 5.32 Å². The number of carbonyl (C=O) groups excluding carboxylic acids is 1. The topological polar surface area (TPSA) is 56.8 Å². The van der Waals surface area contributed by atoms with Crippen molar-refractivity contribution in [3.63, 3.8) is 0 Å². The quantitative estimate of drug-likeness (QED) is 0.843. The Hall–Kier alpha value is -1.59. The molecule has 2 saturated heterocycles. The molecule has 0 radical (unpaired) electrons. The van der Waals surface area contributed by atoms with E-state index in [0.717, 1.165) is 44.9 Å². The van der Waals surface area contributed by atoms with Gasteiger partial charge in [0.2, 0.25) is 0 Å². The molecule has 0 atom stereocenters. The van der Waals surface area contributed by atoms with Crippen LogP contribution in [-0.2, 0) is 9.47 Å². The summed E-state index contributed by atoms with van der Waals surface area (Å²) in [5.41, 5.74) is 1.74. The van der Waals surface area contributed by atoms with Crippen LogP contribution >= 0.6 is 0 Å². The van der Waals surface area contributed by atoms with E-state index in [2.05, 4.69) is 5.32 Å². The monoisotopic (exact) mass is 305 g/mol. The van der Waals surface area contributed by atoms with Gasteiger partial charge in [0.1, 0.15) is 5.75 Å². The van der Waals surface area contributed by atoms with Gasteiger partial charge >= 0.3 is 5.97 Å². The average molecular weight is 305 g/mol. The highest BCUT2D eigenvalue weighted by Gasteiger charge is 2.23. The molecule has 1 N–H and O–H groups in total. The third-order valence-corrected chi connectivity index (χ3v) is 4.40. The van der Waals surface area contributed by atoms with E-state index in [4.69, 9.17) is 14.2 Å². The van der Waals surface area contributed by atoms with Crippen LogP contribution in [0, 0.1) is 5.92 Å². The van der Waals surface area contributed by atoms with Crippen molar-refractivity contribution in [2.45, 2.75) is 18.8 Å². The third-order valence-electron chi connectivity index (χ3n) is 4.40. The van der Waals surface area contributed by atoms with Gasteiger partial charge in [-0.2, -0.15) is 0 Å². The number of benzene rings is 1. The summed E-state index contributed by atoms with van der Waals surface area (Å²) >= 11 is 0. The minimum absolute atomic E-state index is 0.325. The standard InChI is InChI=1S/C17H23NO4/c1-20-17(19)14-2-3-15(13-4-6-18-7-5-13)16(8-14)22-11-12-9-21-10-12/h2-3,8,12-13,18H,4-7,9-11H2,1H3. The highest BCUT2D eigenvalue weighted by Crippen LogP contribution is 2.34. The minimum atomic E-state index is -0.325. The lowest BCUT2D eigenvalue weighted by Gasteiger charge is -2.28. The molecule has 0 spiro atoms. The van der Waals surface area contributed by atoms with Gasteiger partial charge < -0.3 is 19.5 Å². The van der Waals surface area contributed by atoms with E-state index in [-0.39, 0.29) is 5.97 Å². The molecular formula is C17H23NO4. The van der Waals surface area contributed by atoms with Crippen LogP contribution in [0.5, 0.6) is 5.75 Å². The summed E-state index contributed by atoms with van der Waals surface area (Å²) in [5, 5.41) is 3.38. The predicted molar refractivity (Wildman–Crippen MR) is 82.4 cm³/mol. The maximum atomic E-state index is 11.8. The van der Waals surface area contributed by atoms with Gasteiger partial charge in [-0.15, -0.1) is 0 Å². The van der Waals surface area contributed by atoms with E-state index in [0.29, 0.717) is 24.0 Å². The van der Waals surface area contributed by atoms with Gasteiger partial charge in [0, 0.05) is 5.92 Å². The van der Waals surface area contributed by atoms with E-state index in [1.54, 1.807) is 0 Å². The maximum absolute atomic E-state index is 11.8. The number of methoxy groups -OCH3 is 1. The van der Waals surface area contributed by atoms with Crippen LogP contribution in [0.4, 0.5) is 0 Å². The number of ether oxygens (including phenoxy) is 3. The van der Waals surface area contributed by atoms with Crippen LogP contribution in [0.3, 0.4) is 0 Å². The van der Waals surface area contributed by atoms with Crippen molar-refractivity contribution < 1.29 is 19.0 Å². The van der Waals surface area contributed by atoms with Crippen LogP contribution in [0.25, 0.3) is 0 Å². The molecule has 2 heterocycles. The number of nitrogens with one attached hydrogen (secondary N) is 1. The number of hydrogen-bond acceptors (Lipinski definition) is 5. The van der Waals surface area contributed by atoms with Gasteiger partial charge in [-0.3, -0.25) is 0 Å². The molecule has 1 aromatic rings. The summed E-state index contributed by atoms with van der Waals surface area (Å²) in [4.78, 5) is 11.8. The molecule has 2 fully saturated rings. The third kappa shape index (κ3) is 3.42. The number of hydrogen-bond donors (Lipinski definition) is 1. The molecule has 120 valence electrons. The molecular weight excluding hydrogens is 282 g/mol. The molecule has 0 saturated carbocycles. The minimum Gasteiger partial charge on any atom is -0.493 e. The van der Waals surface area contributed by atoms with E-state index < -0.39 is 0 Å². The van der Waals surface area contributed by atoms with Gasteiger partial charge in [-0.1, -0.05) is 6.07 Å². The van der Waals surface area contributed by atoms with Crippen molar-refractivity contribution in [3.8, 4) is 5.75 Å². The molecule has 5 nitrogen and oxygen atoms in total. The summed E-state index contributed by atoms with van der Waals surface area (Å²) in [5.74, 6) is 1.44. The lowest BCUT2D eigenvalue weighted by Crippen LogP contribution is -2.33. The number of rotatable bonds is 5. The Bertz CT molecular complexity index is 521. The summed E-state index contributed by atoms with van der Waals surface area (Å²) < 4.78 is 16.0. The van der Waals surface area contributed by atoms with Gasteiger partial charge in [0.15, 0.2) is 0 Å². The Kier molecular flexibility index (Phi) is 4.95. The second-order valence-electron chi connectivity index (χ2n) is 5.98. The molecule has 2 aliphatic rings. The molecule has 0 aromatic heterocycles. The summed E-state index contributed by atoms with van der Waals surface area (Å²) in [6.45, 7) is 4.22. The van der Waals surface area contributed by atoms with E-state index >= 15 is 0 Å². The predicted octanol–water partition coefficient (Wildman–Crippen LogP) is 1.97. The lowest BCUT2D eigenvalue weighted by atomic mass is 9.89. The average Bonchev–Trinajstić information content (AvgIpc) is 2.53. The molecule has 0 amide bonds. The maximum Gasteiger partial charge on any atom is 0.337 e. The van der Waals surface area contributed by atoms with E-state index in [9.17, 15) is 4.79 Å². The summed E-state index contributed by atoms with van der Waals surface area (Å²) in [6.07, 6.45) is 2.20. The van der Waals surface area contributed by atoms with Crippen molar-refractivity contribution in [2.75, 3.05) is 40.0 Å². The smallest absolute Gasteiger partial charge is 0.337 e. The lowest BCUT2D eigenvalue weighted by molar-refractivity contribution is -0.0510. The molecule has 0 bridgehead atoms. The zero-order chi connectivity index (χ0) is 15.4. The van der Waals surface area contributed by atoms with Crippen LogP contribution < -0.4 is 10.1 Å². The molecule has 3 rings (SSSR count). The zero-order valence-electron chi connectivity index (χ0n) is 13.0. The molecule has 5 heteroatoms. The highest BCUT2D eigenvalue weighted by atomic mass is 16.5. The largest absolute Gasteiger partial charge is 0.493 e. The SMILES string of the molecule is COC(=O)c1ccc(C2CCNCC2)c(OCC2COC2)c1. The first-order valence-corrected chi connectivity index (χ1v) is 7.91. The Labute approximate surface area is 130 Å². The van der Waals surface area contributed by atoms with E-state index in [1.807, 2.05) is 18.2 Å². The van der Waals surface area contributed by atoms with Crippen molar-refractivity contribution >= 4 is 5.97 Å². The Morgan fingerprint density at radius 2 is 2.09 bits per heavy atom. The summed E-state index contributed by atoms with van der Waals surface area (Å²) in [6, 6.07) is 5.68. The van der Waals surface area contributed by atoms with Gasteiger partial charge in [0.25, 0.3) is 0 Å². The van der Waals surface area contributed by atoms with Crippen LogP contribution in [-0.4, -0.2) is 46.0 Å². The number of piperidine rings is 1. The van der Waals surface area contributed by atoms with Crippen molar-refractivity contribution in [3.05, 3.63) is 29.3 Å². The van der Waals surface area contributed by atoms with E-state index in [1.165, 1.54) is 12.7 Å². The Morgan fingerprint density at radius 3 is 2.73 bits per heavy atom. The summed E-state index contributed by atoms with van der Waals surface area (Å²) in [7, 11) is 1.40. The highest BCUT2D eigenvalue weighted by molar-refractivity contribution is 5.90. The van der Waals surface area contributed by atoms with Crippen molar-refractivity contribution in [2.24, 2.45) is 5.92 Å². The zero-order valence-corrected chi connectivity index (χ0v) is 13.0. The molecule has 1 aromatic carbocycles. The fourth-order valence-electron chi connectivity index (χ4n) is 2.96. The fourth-order valence-corrected chi connectivity index (χ4v) is 2.96. The first-order valence-electron chi connectivity index (χ1n) is 7.91. The number of esters is 1. The Balaban J connectivity index is 1.80. The Morgan fingerprint density at radius 1 is 1.32 bits per heavy atom. The normalized spacial score (nSPS) is 19.5. The van der Waals surface area contributed by atoms with Gasteiger partial charge in [-0.25, -0.2) is 4.79 Å². The number of carbonyl (C=O) groups is 1. The first-order chi connectivity index (χ1) is 10.8. The van der Waals surface area contributed by atoms with Crippen molar-refractivity contribution in [1.29, 1.82) is 0 Å². The molecule has 2 aliphatic heterocycles. The van der Waals surface area contributed by atoms with Crippen LogP contribution in [0.2, 0.25) is 0 Å². The molecule has 22 heavy (non-hydrogen) atoms. The molecule has 0 unspecified atom stereocenters.